The van der Waals surface area contributed by atoms with E-state index >= 15 is 0 Å². The summed E-state index contributed by atoms with van der Waals surface area (Å²) in [5.41, 5.74) is 7.76. The monoisotopic (exact) mass is 523 g/mol. The molecule has 0 saturated heterocycles. The van der Waals surface area contributed by atoms with Gasteiger partial charge < -0.3 is 16.0 Å². The number of carbonyl (C=O) groups is 2. The Morgan fingerprint density at radius 3 is 2.55 bits per heavy atom. The Bertz CT molecular complexity index is 1500. The van der Waals surface area contributed by atoms with Crippen LogP contribution in [0, 0.1) is 0 Å². The number of nitrogens with one attached hydrogen (secondary N) is 2. The highest BCUT2D eigenvalue weighted by atomic mass is 19.4. The van der Waals surface area contributed by atoms with E-state index in [9.17, 15) is 22.8 Å². The fourth-order valence-electron chi connectivity index (χ4n) is 4.84. The number of rotatable bonds is 4. The number of aromatic amines is 1. The summed E-state index contributed by atoms with van der Waals surface area (Å²) in [5, 5.41) is 9.70. The molecular weight excluding hydrogens is 499 g/mol. The number of H-pyrrole nitrogens is 1. The van der Waals surface area contributed by atoms with Crippen molar-refractivity contribution in [2.75, 3.05) is 11.1 Å². The lowest BCUT2D eigenvalue weighted by Gasteiger charge is -2.37. The van der Waals surface area contributed by atoms with Crippen LogP contribution in [0.25, 0.3) is 10.9 Å². The van der Waals surface area contributed by atoms with Gasteiger partial charge in [0.05, 0.1) is 52.8 Å². The number of nitrogens with zero attached hydrogens (tertiary/aromatic N) is 4. The Balaban J connectivity index is 1.48. The summed E-state index contributed by atoms with van der Waals surface area (Å²) >= 11 is 0. The second-order valence-electron chi connectivity index (χ2n) is 9.26. The van der Waals surface area contributed by atoms with Crippen molar-refractivity contribution in [3.8, 4) is 0 Å². The van der Waals surface area contributed by atoms with Crippen LogP contribution in [0.1, 0.15) is 54.1 Å². The standard InChI is InChI=1S/C26H24F3N7O2/c1-14-6-9-21(18-5-3-2-4-17(14)18)36(13-16-8-7-15(10-31-16)26(27,28)29)25(38)24(37)34-20-12-32-23(30)19-11-33-35-22(19)20/h2-5,7-8,10-12,14,21H,6,9,13H2,1H3,(H2,30,32)(H,33,35)(H,34,37). The number of amides is 2. The fraction of sp³-hybridized carbons (Fsp3) is 0.269. The number of anilines is 2. The Kier molecular flexibility index (Phi) is 6.47. The SMILES string of the molecule is CC1CCC(N(Cc2ccc(C(F)(F)F)cn2)C(=O)C(=O)Nc2cnc(N)c3cn[nH]c23)c2ccccc21. The molecule has 5 rings (SSSR count). The minimum absolute atomic E-state index is 0.156. The molecule has 0 fully saturated rings. The molecule has 0 aliphatic heterocycles. The number of aromatic nitrogens is 4. The minimum atomic E-state index is -4.54. The summed E-state index contributed by atoms with van der Waals surface area (Å²) in [6.07, 6.45) is 0.308. The number of nitrogens with two attached hydrogens (primary N) is 1. The van der Waals surface area contributed by atoms with E-state index in [1.165, 1.54) is 23.4 Å². The van der Waals surface area contributed by atoms with Gasteiger partial charge in [-0.05, 0) is 42.0 Å². The quantitative estimate of drug-likeness (QED) is 0.336. The lowest BCUT2D eigenvalue weighted by Crippen LogP contribution is -2.43. The second-order valence-corrected chi connectivity index (χ2v) is 9.26. The molecule has 1 aliphatic carbocycles. The maximum absolute atomic E-state index is 13.6. The van der Waals surface area contributed by atoms with E-state index in [0.717, 1.165) is 29.8 Å². The molecular formula is C26H24F3N7O2. The molecule has 38 heavy (non-hydrogen) atoms. The fourth-order valence-corrected chi connectivity index (χ4v) is 4.84. The molecule has 3 aromatic heterocycles. The zero-order valence-corrected chi connectivity index (χ0v) is 20.3. The Morgan fingerprint density at radius 1 is 1.08 bits per heavy atom. The van der Waals surface area contributed by atoms with Gasteiger partial charge in [0.25, 0.3) is 0 Å². The molecule has 3 heterocycles. The molecule has 196 valence electrons. The van der Waals surface area contributed by atoms with Gasteiger partial charge in [-0.2, -0.15) is 18.3 Å². The molecule has 0 radical (unpaired) electrons. The van der Waals surface area contributed by atoms with Crippen LogP contribution in [0.5, 0.6) is 0 Å². The number of nitrogen functional groups attached to an aromatic ring is 1. The van der Waals surface area contributed by atoms with Gasteiger partial charge in [0.2, 0.25) is 0 Å². The Labute approximate surface area is 215 Å². The van der Waals surface area contributed by atoms with E-state index < -0.39 is 29.6 Å². The smallest absolute Gasteiger partial charge is 0.383 e. The van der Waals surface area contributed by atoms with Crippen LogP contribution >= 0.6 is 0 Å². The van der Waals surface area contributed by atoms with E-state index in [2.05, 4.69) is 32.4 Å². The number of halogens is 3. The van der Waals surface area contributed by atoms with E-state index in [0.29, 0.717) is 17.3 Å². The molecule has 0 spiro atoms. The lowest BCUT2D eigenvalue weighted by molar-refractivity contribution is -0.145. The second kappa shape index (κ2) is 9.77. The lowest BCUT2D eigenvalue weighted by atomic mass is 9.80. The van der Waals surface area contributed by atoms with Gasteiger partial charge in [0.1, 0.15) is 5.82 Å². The summed E-state index contributed by atoms with van der Waals surface area (Å²) in [7, 11) is 0. The topological polar surface area (TPSA) is 130 Å². The highest BCUT2D eigenvalue weighted by Crippen LogP contribution is 2.41. The van der Waals surface area contributed by atoms with E-state index in [1.54, 1.807) is 0 Å². The maximum Gasteiger partial charge on any atom is 0.417 e. The predicted molar refractivity (Wildman–Crippen MR) is 134 cm³/mol. The van der Waals surface area contributed by atoms with Gasteiger partial charge >= 0.3 is 18.0 Å². The molecule has 12 heteroatoms. The van der Waals surface area contributed by atoms with Crippen molar-refractivity contribution in [2.24, 2.45) is 0 Å². The molecule has 2 atom stereocenters. The Morgan fingerprint density at radius 2 is 1.84 bits per heavy atom. The number of hydrogen-bond donors (Lipinski definition) is 3. The Hall–Kier alpha value is -4.48. The van der Waals surface area contributed by atoms with Gasteiger partial charge in [-0.15, -0.1) is 0 Å². The summed E-state index contributed by atoms with van der Waals surface area (Å²) < 4.78 is 39.2. The molecule has 9 nitrogen and oxygen atoms in total. The molecule has 1 aliphatic rings. The first-order valence-corrected chi connectivity index (χ1v) is 11.9. The van der Waals surface area contributed by atoms with Crippen LogP contribution < -0.4 is 11.1 Å². The third-order valence-electron chi connectivity index (χ3n) is 6.84. The van der Waals surface area contributed by atoms with E-state index in [1.807, 2.05) is 24.3 Å². The maximum atomic E-state index is 13.6. The van der Waals surface area contributed by atoms with Crippen molar-refractivity contribution in [3.05, 3.63) is 77.4 Å². The number of fused-ring (bicyclic) bond motifs is 2. The zero-order chi connectivity index (χ0) is 27.0. The number of pyridine rings is 2. The molecule has 1 aromatic carbocycles. The largest absolute Gasteiger partial charge is 0.417 e. The average molecular weight is 524 g/mol. The first-order chi connectivity index (χ1) is 18.1. The van der Waals surface area contributed by atoms with Gasteiger partial charge in [-0.25, -0.2) is 4.98 Å². The van der Waals surface area contributed by atoms with Crippen molar-refractivity contribution in [3.63, 3.8) is 0 Å². The van der Waals surface area contributed by atoms with Gasteiger partial charge in [-0.3, -0.25) is 19.7 Å². The number of alkyl halides is 3. The molecule has 2 unspecified atom stereocenters. The average Bonchev–Trinajstić information content (AvgIpc) is 3.40. The van der Waals surface area contributed by atoms with Crippen LogP contribution in [-0.4, -0.2) is 36.9 Å². The van der Waals surface area contributed by atoms with Crippen molar-refractivity contribution >= 4 is 34.2 Å². The van der Waals surface area contributed by atoms with Crippen molar-refractivity contribution in [1.82, 2.24) is 25.1 Å². The molecule has 4 N–H and O–H groups in total. The predicted octanol–water partition coefficient (Wildman–Crippen LogP) is 4.56. The zero-order valence-electron chi connectivity index (χ0n) is 20.3. The molecule has 0 bridgehead atoms. The molecule has 2 amide bonds. The normalized spacial score (nSPS) is 17.2. The summed E-state index contributed by atoms with van der Waals surface area (Å²) in [5.74, 6) is -1.33. The third-order valence-corrected chi connectivity index (χ3v) is 6.84. The summed E-state index contributed by atoms with van der Waals surface area (Å²) in [4.78, 5) is 36.2. The van der Waals surface area contributed by atoms with Crippen LogP contribution in [0.15, 0.2) is 55.0 Å². The molecule has 0 saturated carbocycles. The van der Waals surface area contributed by atoms with Crippen LogP contribution in [0.4, 0.5) is 24.7 Å². The van der Waals surface area contributed by atoms with E-state index in [4.69, 9.17) is 5.73 Å². The van der Waals surface area contributed by atoms with Crippen LogP contribution in [-0.2, 0) is 22.3 Å². The van der Waals surface area contributed by atoms with Crippen LogP contribution in [0.3, 0.4) is 0 Å². The number of benzene rings is 1. The highest BCUT2D eigenvalue weighted by molar-refractivity contribution is 6.40. The number of carbonyl (C=O) groups excluding carboxylic acids is 2. The van der Waals surface area contributed by atoms with E-state index in [-0.39, 0.29) is 29.7 Å². The summed E-state index contributed by atoms with van der Waals surface area (Å²) in [6, 6.07) is 9.33. The third kappa shape index (κ3) is 4.76. The summed E-state index contributed by atoms with van der Waals surface area (Å²) in [6.45, 7) is 1.94. The molecule has 4 aromatic rings. The highest BCUT2D eigenvalue weighted by Gasteiger charge is 2.35. The van der Waals surface area contributed by atoms with Crippen LogP contribution in [0.2, 0.25) is 0 Å². The number of hydrogen-bond acceptors (Lipinski definition) is 6. The first-order valence-electron chi connectivity index (χ1n) is 11.9. The van der Waals surface area contributed by atoms with Gasteiger partial charge in [-0.1, -0.05) is 31.2 Å². The van der Waals surface area contributed by atoms with Crippen molar-refractivity contribution < 1.29 is 22.8 Å². The van der Waals surface area contributed by atoms with Gasteiger partial charge in [0, 0.05) is 6.20 Å². The van der Waals surface area contributed by atoms with Gasteiger partial charge in [0.15, 0.2) is 0 Å². The van der Waals surface area contributed by atoms with Crippen molar-refractivity contribution in [1.29, 1.82) is 0 Å². The minimum Gasteiger partial charge on any atom is -0.383 e. The first kappa shape index (κ1) is 25.2. The van der Waals surface area contributed by atoms with Crippen molar-refractivity contribution in [2.45, 2.75) is 44.4 Å².